The maximum atomic E-state index is 13.4. The summed E-state index contributed by atoms with van der Waals surface area (Å²) >= 11 is 11.0. The van der Waals surface area contributed by atoms with Crippen molar-refractivity contribution in [2.24, 2.45) is 0 Å². The number of pyridine rings is 2. The topological polar surface area (TPSA) is 49.8 Å². The van der Waals surface area contributed by atoms with E-state index in [1.165, 1.54) is 6.20 Å². The van der Waals surface area contributed by atoms with Crippen molar-refractivity contribution in [3.05, 3.63) is 52.9 Å². The van der Waals surface area contributed by atoms with Gasteiger partial charge in [0.15, 0.2) is 22.6 Å². The van der Waals surface area contributed by atoms with Gasteiger partial charge in [0, 0.05) is 25.4 Å². The molecule has 8 heteroatoms. The average molecular weight is 329 g/mol. The Balaban J connectivity index is 1.85. The second-order valence-electron chi connectivity index (χ2n) is 4.02. The summed E-state index contributed by atoms with van der Waals surface area (Å²) in [5.74, 6) is -1.43. The highest BCUT2D eigenvalue weighted by atomic mass is 35.5. The Morgan fingerprint density at radius 2 is 2.05 bits per heavy atom. The third-order valence-corrected chi connectivity index (χ3v) is 3.10. The second-order valence-corrected chi connectivity index (χ2v) is 4.83. The molecule has 0 saturated heterocycles. The minimum atomic E-state index is -0.939. The van der Waals surface area contributed by atoms with Crippen LogP contribution in [-0.4, -0.2) is 21.6 Å². The summed E-state index contributed by atoms with van der Waals surface area (Å²) in [6.45, 7) is 0.295. The highest BCUT2D eigenvalue weighted by Crippen LogP contribution is 2.16. The number of thiocarbonyl (C=S) groups is 1. The quantitative estimate of drug-likeness (QED) is 0.845. The van der Waals surface area contributed by atoms with Crippen LogP contribution in [-0.2, 0) is 6.42 Å². The van der Waals surface area contributed by atoms with E-state index in [4.69, 9.17) is 23.8 Å². The lowest BCUT2D eigenvalue weighted by molar-refractivity contribution is 0.491. The van der Waals surface area contributed by atoms with E-state index < -0.39 is 11.6 Å². The molecule has 2 rings (SSSR count). The van der Waals surface area contributed by atoms with Gasteiger partial charge in [-0.15, -0.1) is 0 Å². The van der Waals surface area contributed by atoms with Gasteiger partial charge in [-0.1, -0.05) is 11.6 Å². The zero-order valence-corrected chi connectivity index (χ0v) is 12.3. The Kier molecular flexibility index (Phi) is 5.35. The Morgan fingerprint density at radius 1 is 1.24 bits per heavy atom. The lowest BCUT2D eigenvalue weighted by Crippen LogP contribution is -2.31. The van der Waals surface area contributed by atoms with Gasteiger partial charge in [0.25, 0.3) is 0 Å². The van der Waals surface area contributed by atoms with E-state index in [9.17, 15) is 8.78 Å². The molecule has 0 radical (unpaired) electrons. The summed E-state index contributed by atoms with van der Waals surface area (Å²) in [4.78, 5) is 7.80. The van der Waals surface area contributed by atoms with Gasteiger partial charge < -0.3 is 10.6 Å². The largest absolute Gasteiger partial charge is 0.362 e. The van der Waals surface area contributed by atoms with Crippen molar-refractivity contribution in [2.75, 3.05) is 11.9 Å². The summed E-state index contributed by atoms with van der Waals surface area (Å²) in [5, 5.41) is 6.37. The zero-order chi connectivity index (χ0) is 15.2. The van der Waals surface area contributed by atoms with E-state index in [1.54, 1.807) is 18.3 Å². The predicted octanol–water partition coefficient (Wildman–Crippen LogP) is 2.94. The molecular weight excluding hydrogens is 318 g/mol. The summed E-state index contributed by atoms with van der Waals surface area (Å²) in [6.07, 6.45) is 2.99. The van der Waals surface area contributed by atoms with Crippen LogP contribution in [0.25, 0.3) is 0 Å². The Labute approximate surface area is 130 Å². The highest BCUT2D eigenvalue weighted by molar-refractivity contribution is 7.80. The fraction of sp³-hybridized carbons (Fsp3) is 0.154. The fourth-order valence-corrected chi connectivity index (χ4v) is 1.93. The van der Waals surface area contributed by atoms with Gasteiger partial charge >= 0.3 is 0 Å². The molecule has 21 heavy (non-hydrogen) atoms. The van der Waals surface area contributed by atoms with Crippen molar-refractivity contribution in [1.29, 1.82) is 0 Å². The predicted molar refractivity (Wildman–Crippen MR) is 81.3 cm³/mol. The van der Waals surface area contributed by atoms with E-state index in [2.05, 4.69) is 20.6 Å². The van der Waals surface area contributed by atoms with E-state index >= 15 is 0 Å². The van der Waals surface area contributed by atoms with Crippen LogP contribution >= 0.6 is 23.8 Å². The van der Waals surface area contributed by atoms with E-state index in [1.807, 2.05) is 0 Å². The standard InChI is InChI=1S/C13H11ClF2N4S/c14-8-2-1-5-18-12(8)20-13(21)19-7-4-10-11(16)9(15)3-6-17-10/h1-3,5-6H,4,7H2,(H2,18,19,20,21). The molecular formula is C13H11ClF2N4S. The molecule has 0 fully saturated rings. The van der Waals surface area contributed by atoms with Gasteiger partial charge in [0.05, 0.1) is 10.7 Å². The molecule has 0 aliphatic carbocycles. The Morgan fingerprint density at radius 3 is 2.81 bits per heavy atom. The van der Waals surface area contributed by atoms with Gasteiger partial charge in [-0.3, -0.25) is 4.98 Å². The molecule has 2 heterocycles. The Bertz CT molecular complexity index is 654. The van der Waals surface area contributed by atoms with Crippen LogP contribution in [0.5, 0.6) is 0 Å². The number of halogens is 3. The van der Waals surface area contributed by atoms with E-state index in [-0.39, 0.29) is 17.2 Å². The molecule has 110 valence electrons. The van der Waals surface area contributed by atoms with E-state index in [0.717, 1.165) is 6.07 Å². The lowest BCUT2D eigenvalue weighted by atomic mass is 10.2. The Hall–Kier alpha value is -1.86. The number of nitrogens with zero attached hydrogens (tertiary/aromatic N) is 2. The van der Waals surface area contributed by atoms with Gasteiger partial charge in [0.2, 0.25) is 0 Å². The molecule has 0 unspecified atom stereocenters. The van der Waals surface area contributed by atoms with Crippen molar-refractivity contribution in [3.8, 4) is 0 Å². The number of hydrogen-bond donors (Lipinski definition) is 2. The summed E-state index contributed by atoms with van der Waals surface area (Å²) in [7, 11) is 0. The highest BCUT2D eigenvalue weighted by Gasteiger charge is 2.09. The zero-order valence-electron chi connectivity index (χ0n) is 10.7. The molecule has 0 aromatic carbocycles. The first kappa shape index (κ1) is 15.5. The smallest absolute Gasteiger partial charge is 0.180 e. The molecule has 0 aliphatic heterocycles. The number of aromatic nitrogens is 2. The van der Waals surface area contributed by atoms with Crippen LogP contribution in [0.1, 0.15) is 5.69 Å². The first-order valence-corrected chi connectivity index (χ1v) is 6.81. The molecule has 2 aromatic rings. The third-order valence-electron chi connectivity index (χ3n) is 2.55. The molecule has 0 aliphatic rings. The van der Waals surface area contributed by atoms with Gasteiger partial charge in [0.1, 0.15) is 0 Å². The molecule has 0 bridgehead atoms. The van der Waals surface area contributed by atoms with Crippen molar-refractivity contribution in [1.82, 2.24) is 15.3 Å². The third kappa shape index (κ3) is 4.30. The maximum Gasteiger partial charge on any atom is 0.180 e. The van der Waals surface area contributed by atoms with Gasteiger partial charge in [-0.2, -0.15) is 0 Å². The summed E-state index contributed by atoms with van der Waals surface area (Å²) in [6, 6.07) is 4.34. The van der Waals surface area contributed by atoms with Crippen LogP contribution in [0.3, 0.4) is 0 Å². The van der Waals surface area contributed by atoms with Gasteiger partial charge in [-0.25, -0.2) is 13.8 Å². The molecule has 0 spiro atoms. The monoisotopic (exact) mass is 328 g/mol. The van der Waals surface area contributed by atoms with Crippen LogP contribution in [0.2, 0.25) is 5.02 Å². The first-order chi connectivity index (χ1) is 10.1. The molecule has 0 saturated carbocycles. The number of rotatable bonds is 4. The van der Waals surface area contributed by atoms with Crippen LogP contribution in [0, 0.1) is 11.6 Å². The van der Waals surface area contributed by atoms with Crippen LogP contribution in [0.4, 0.5) is 14.6 Å². The number of anilines is 1. The van der Waals surface area contributed by atoms with Gasteiger partial charge in [-0.05, 0) is 30.4 Å². The summed E-state index contributed by atoms with van der Waals surface area (Å²) in [5.41, 5.74) is 0.0427. The molecule has 4 nitrogen and oxygen atoms in total. The fourth-order valence-electron chi connectivity index (χ4n) is 1.56. The minimum absolute atomic E-state index is 0.0427. The van der Waals surface area contributed by atoms with E-state index in [0.29, 0.717) is 17.4 Å². The molecule has 0 atom stereocenters. The molecule has 2 N–H and O–H groups in total. The molecule has 0 amide bonds. The summed E-state index contributed by atoms with van der Waals surface area (Å²) < 4.78 is 26.4. The van der Waals surface area contributed by atoms with Crippen molar-refractivity contribution in [2.45, 2.75) is 6.42 Å². The number of hydrogen-bond acceptors (Lipinski definition) is 3. The maximum absolute atomic E-state index is 13.4. The normalized spacial score (nSPS) is 10.2. The average Bonchev–Trinajstić information content (AvgIpc) is 2.46. The second kappa shape index (κ2) is 7.24. The minimum Gasteiger partial charge on any atom is -0.362 e. The lowest BCUT2D eigenvalue weighted by Gasteiger charge is -2.10. The van der Waals surface area contributed by atoms with Crippen molar-refractivity contribution >= 4 is 34.7 Å². The first-order valence-electron chi connectivity index (χ1n) is 6.02. The number of nitrogens with one attached hydrogen (secondary N) is 2. The van der Waals surface area contributed by atoms with Crippen LogP contribution in [0.15, 0.2) is 30.6 Å². The SMILES string of the molecule is Fc1ccnc(CCNC(=S)Nc2ncccc2Cl)c1F. The van der Waals surface area contributed by atoms with Crippen molar-refractivity contribution in [3.63, 3.8) is 0 Å². The van der Waals surface area contributed by atoms with Crippen LogP contribution < -0.4 is 10.6 Å². The van der Waals surface area contributed by atoms with Crippen molar-refractivity contribution < 1.29 is 8.78 Å². The molecule has 2 aromatic heterocycles.